The lowest BCUT2D eigenvalue weighted by Crippen LogP contribution is -2.52. The van der Waals surface area contributed by atoms with Gasteiger partial charge < -0.3 is 19.6 Å². The SMILES string of the molecule is CC(C)CNC(=NCC(=O)N(C)C)N1CCN(Cc2ccon2)CC1. The molecule has 1 amide bonds. The van der Waals surface area contributed by atoms with Gasteiger partial charge in [0.2, 0.25) is 5.91 Å². The van der Waals surface area contributed by atoms with Gasteiger partial charge in [0.1, 0.15) is 12.8 Å². The second-order valence-corrected chi connectivity index (χ2v) is 6.96. The van der Waals surface area contributed by atoms with Crippen molar-refractivity contribution in [2.24, 2.45) is 10.9 Å². The molecule has 0 aliphatic carbocycles. The number of hydrogen-bond acceptors (Lipinski definition) is 5. The first-order valence-electron chi connectivity index (χ1n) is 8.80. The molecule has 0 aromatic carbocycles. The molecule has 1 saturated heterocycles. The van der Waals surface area contributed by atoms with Crippen LogP contribution in [0.25, 0.3) is 0 Å². The summed E-state index contributed by atoms with van der Waals surface area (Å²) in [7, 11) is 3.50. The van der Waals surface area contributed by atoms with Crippen molar-refractivity contribution in [1.82, 2.24) is 25.2 Å². The van der Waals surface area contributed by atoms with Crippen molar-refractivity contribution in [2.45, 2.75) is 20.4 Å². The Labute approximate surface area is 149 Å². The number of nitrogens with one attached hydrogen (secondary N) is 1. The predicted molar refractivity (Wildman–Crippen MR) is 97.2 cm³/mol. The third kappa shape index (κ3) is 6.38. The topological polar surface area (TPSA) is 77.2 Å². The Kier molecular flexibility index (Phi) is 7.24. The highest BCUT2D eigenvalue weighted by Gasteiger charge is 2.21. The quantitative estimate of drug-likeness (QED) is 0.594. The Balaban J connectivity index is 1.91. The summed E-state index contributed by atoms with van der Waals surface area (Å²) in [6, 6.07) is 1.90. The number of hydrogen-bond donors (Lipinski definition) is 1. The average molecular weight is 350 g/mol. The molecule has 0 radical (unpaired) electrons. The first-order chi connectivity index (χ1) is 12.0. The van der Waals surface area contributed by atoms with Gasteiger partial charge >= 0.3 is 0 Å². The smallest absolute Gasteiger partial charge is 0.243 e. The first-order valence-corrected chi connectivity index (χ1v) is 8.80. The van der Waals surface area contributed by atoms with E-state index in [9.17, 15) is 4.79 Å². The zero-order chi connectivity index (χ0) is 18.2. The molecule has 0 spiro atoms. The van der Waals surface area contributed by atoms with E-state index in [-0.39, 0.29) is 12.5 Å². The van der Waals surface area contributed by atoms with E-state index in [0.29, 0.717) is 5.92 Å². The number of carbonyl (C=O) groups excluding carboxylic acids is 1. The number of carbonyl (C=O) groups is 1. The highest BCUT2D eigenvalue weighted by Crippen LogP contribution is 2.07. The minimum atomic E-state index is 0.00788. The Morgan fingerprint density at radius 3 is 2.64 bits per heavy atom. The minimum absolute atomic E-state index is 0.00788. The summed E-state index contributed by atoms with van der Waals surface area (Å²) in [6.45, 7) is 9.73. The van der Waals surface area contributed by atoms with E-state index >= 15 is 0 Å². The van der Waals surface area contributed by atoms with Crippen LogP contribution in [0.3, 0.4) is 0 Å². The molecule has 25 heavy (non-hydrogen) atoms. The van der Waals surface area contributed by atoms with Crippen LogP contribution in [0.4, 0.5) is 0 Å². The Morgan fingerprint density at radius 2 is 2.08 bits per heavy atom. The Morgan fingerprint density at radius 1 is 1.36 bits per heavy atom. The number of amides is 1. The van der Waals surface area contributed by atoms with Crippen molar-refractivity contribution in [3.8, 4) is 0 Å². The standard InChI is InChI=1S/C17H30N6O2/c1-14(2)11-18-17(19-12-16(24)21(3)4)23-8-6-22(7-9-23)13-15-5-10-25-20-15/h5,10,14H,6-9,11-13H2,1-4H3,(H,18,19). The van der Waals surface area contributed by atoms with E-state index in [0.717, 1.165) is 50.9 Å². The fourth-order valence-corrected chi connectivity index (χ4v) is 2.51. The van der Waals surface area contributed by atoms with Crippen LogP contribution >= 0.6 is 0 Å². The Bertz CT molecular complexity index is 547. The molecule has 0 bridgehead atoms. The van der Waals surface area contributed by atoms with E-state index in [1.54, 1.807) is 25.3 Å². The minimum Gasteiger partial charge on any atom is -0.364 e. The number of rotatable bonds is 6. The molecule has 2 heterocycles. The van der Waals surface area contributed by atoms with Gasteiger partial charge in [-0.15, -0.1) is 0 Å². The van der Waals surface area contributed by atoms with Crippen molar-refractivity contribution < 1.29 is 9.32 Å². The molecule has 2 rings (SSSR count). The first kappa shape index (κ1) is 19.2. The molecule has 0 atom stereocenters. The van der Waals surface area contributed by atoms with Gasteiger partial charge in [0.05, 0.1) is 5.69 Å². The van der Waals surface area contributed by atoms with Crippen LogP contribution in [-0.4, -0.2) is 85.1 Å². The van der Waals surface area contributed by atoms with Gasteiger partial charge in [-0.05, 0) is 5.92 Å². The normalized spacial score (nSPS) is 16.4. The van der Waals surface area contributed by atoms with Gasteiger partial charge in [0.25, 0.3) is 0 Å². The highest BCUT2D eigenvalue weighted by molar-refractivity contribution is 5.84. The molecule has 1 aliphatic rings. The van der Waals surface area contributed by atoms with Gasteiger partial charge in [-0.2, -0.15) is 0 Å². The predicted octanol–water partition coefficient (Wildman–Crippen LogP) is 0.482. The Hall–Kier alpha value is -2.09. The van der Waals surface area contributed by atoms with Crippen LogP contribution in [0.5, 0.6) is 0 Å². The summed E-state index contributed by atoms with van der Waals surface area (Å²) in [4.78, 5) is 22.5. The third-order valence-electron chi connectivity index (χ3n) is 4.08. The summed E-state index contributed by atoms with van der Waals surface area (Å²) in [5.74, 6) is 1.35. The van der Waals surface area contributed by atoms with E-state index in [1.165, 1.54) is 0 Å². The van der Waals surface area contributed by atoms with Crippen molar-refractivity contribution >= 4 is 11.9 Å². The van der Waals surface area contributed by atoms with Crippen LogP contribution in [0, 0.1) is 5.92 Å². The zero-order valence-corrected chi connectivity index (χ0v) is 15.7. The van der Waals surface area contributed by atoms with Gasteiger partial charge in [0.15, 0.2) is 5.96 Å². The maximum Gasteiger partial charge on any atom is 0.243 e. The molecule has 1 aromatic heterocycles. The van der Waals surface area contributed by atoms with E-state index < -0.39 is 0 Å². The molecule has 1 N–H and O–H groups in total. The van der Waals surface area contributed by atoms with Crippen molar-refractivity contribution in [3.05, 3.63) is 18.0 Å². The number of likely N-dealkylation sites (N-methyl/N-ethyl adjacent to an activating group) is 1. The van der Waals surface area contributed by atoms with Crippen molar-refractivity contribution in [1.29, 1.82) is 0 Å². The van der Waals surface area contributed by atoms with E-state index in [2.05, 4.69) is 39.1 Å². The molecule has 1 aromatic rings. The van der Waals surface area contributed by atoms with Crippen LogP contribution in [0.2, 0.25) is 0 Å². The van der Waals surface area contributed by atoms with Crippen molar-refractivity contribution in [3.63, 3.8) is 0 Å². The summed E-state index contributed by atoms with van der Waals surface area (Å²) in [6.07, 6.45) is 1.61. The summed E-state index contributed by atoms with van der Waals surface area (Å²) >= 11 is 0. The second kappa shape index (κ2) is 9.41. The molecular formula is C17H30N6O2. The molecule has 8 nitrogen and oxygen atoms in total. The van der Waals surface area contributed by atoms with Crippen LogP contribution in [0.1, 0.15) is 19.5 Å². The maximum atomic E-state index is 11.8. The molecule has 1 aliphatic heterocycles. The third-order valence-corrected chi connectivity index (χ3v) is 4.08. The second-order valence-electron chi connectivity index (χ2n) is 6.96. The van der Waals surface area contributed by atoms with Gasteiger partial charge in [0, 0.05) is 59.4 Å². The average Bonchev–Trinajstić information content (AvgIpc) is 3.08. The van der Waals surface area contributed by atoms with Crippen LogP contribution < -0.4 is 5.32 Å². The number of guanidine groups is 1. The lowest BCUT2D eigenvalue weighted by Gasteiger charge is -2.36. The van der Waals surface area contributed by atoms with Gasteiger partial charge in [-0.1, -0.05) is 19.0 Å². The summed E-state index contributed by atoms with van der Waals surface area (Å²) < 4.78 is 4.89. The fourth-order valence-electron chi connectivity index (χ4n) is 2.51. The lowest BCUT2D eigenvalue weighted by molar-refractivity contribution is -0.127. The summed E-state index contributed by atoms with van der Waals surface area (Å²) in [5, 5.41) is 7.37. The molecule has 140 valence electrons. The monoisotopic (exact) mass is 350 g/mol. The number of aliphatic imine (C=N–C) groups is 1. The highest BCUT2D eigenvalue weighted by atomic mass is 16.5. The molecule has 0 unspecified atom stereocenters. The van der Waals surface area contributed by atoms with Crippen LogP contribution in [-0.2, 0) is 11.3 Å². The van der Waals surface area contributed by atoms with Gasteiger partial charge in [-0.3, -0.25) is 9.69 Å². The molecule has 0 saturated carbocycles. The zero-order valence-electron chi connectivity index (χ0n) is 15.7. The number of piperazine rings is 1. The number of nitrogens with zero attached hydrogens (tertiary/aromatic N) is 5. The largest absolute Gasteiger partial charge is 0.364 e. The van der Waals surface area contributed by atoms with Crippen molar-refractivity contribution in [2.75, 3.05) is 53.4 Å². The molecule has 1 fully saturated rings. The number of aromatic nitrogens is 1. The van der Waals surface area contributed by atoms with E-state index in [4.69, 9.17) is 4.52 Å². The van der Waals surface area contributed by atoms with E-state index in [1.807, 2.05) is 6.07 Å². The van der Waals surface area contributed by atoms with Gasteiger partial charge in [-0.25, -0.2) is 4.99 Å². The maximum absolute atomic E-state index is 11.8. The fraction of sp³-hybridized carbons (Fsp3) is 0.706. The molecular weight excluding hydrogens is 320 g/mol. The molecule has 8 heteroatoms. The van der Waals surface area contributed by atoms with Crippen LogP contribution in [0.15, 0.2) is 21.8 Å². The lowest BCUT2D eigenvalue weighted by atomic mass is 10.2. The summed E-state index contributed by atoms with van der Waals surface area (Å²) in [5.41, 5.74) is 0.955.